The second-order valence-corrected chi connectivity index (χ2v) is 2.47. The third-order valence-electron chi connectivity index (χ3n) is 0.502. The Labute approximate surface area is 57.5 Å². The first-order chi connectivity index (χ1) is 4.13. The fourth-order valence-corrected chi connectivity index (χ4v) is 0.785. The van der Waals surface area contributed by atoms with Gasteiger partial charge in [0.2, 0.25) is 5.91 Å². The van der Waals surface area contributed by atoms with Gasteiger partial charge in [0.1, 0.15) is 5.84 Å². The molecule has 0 unspecified atom stereocenters. The topological polar surface area (TPSA) is 93.0 Å². The second kappa shape index (κ2) is 4.20. The van der Waals surface area contributed by atoms with Gasteiger partial charge in [0.15, 0.2) is 0 Å². The first kappa shape index (κ1) is 8.29. The lowest BCUT2D eigenvalue weighted by Crippen LogP contribution is -2.17. The standard InChI is InChI=1S/C4H9N3OS/c5-3(6)1-9-2-4(7)8/h1-2H2,(H3,5,6)(H2,7,8). The smallest absolute Gasteiger partial charge is 0.227 e. The number of carbonyl (C=O) groups is 1. The van der Waals surface area contributed by atoms with E-state index >= 15 is 0 Å². The molecular formula is C4H9N3OS. The highest BCUT2D eigenvalue weighted by molar-refractivity contribution is 8.00. The average molecular weight is 147 g/mol. The highest BCUT2D eigenvalue weighted by Crippen LogP contribution is 1.95. The van der Waals surface area contributed by atoms with Crippen LogP contribution in [0.25, 0.3) is 0 Å². The molecule has 0 atom stereocenters. The summed E-state index contributed by atoms with van der Waals surface area (Å²) in [6.45, 7) is 0. The Morgan fingerprint density at radius 3 is 2.33 bits per heavy atom. The van der Waals surface area contributed by atoms with Gasteiger partial charge in [-0.3, -0.25) is 10.2 Å². The third kappa shape index (κ3) is 7.29. The molecule has 0 aliphatic rings. The number of amidine groups is 1. The molecule has 1 amide bonds. The molecule has 0 saturated heterocycles. The lowest BCUT2D eigenvalue weighted by atomic mass is 10.7. The van der Waals surface area contributed by atoms with E-state index in [1.165, 1.54) is 11.8 Å². The second-order valence-electron chi connectivity index (χ2n) is 1.48. The summed E-state index contributed by atoms with van der Waals surface area (Å²) in [6.07, 6.45) is 0. The molecule has 0 saturated carbocycles. The molecule has 0 spiro atoms. The number of hydrogen-bond donors (Lipinski definition) is 3. The van der Waals surface area contributed by atoms with Crippen LogP contribution in [-0.2, 0) is 4.79 Å². The van der Waals surface area contributed by atoms with Gasteiger partial charge < -0.3 is 11.5 Å². The van der Waals surface area contributed by atoms with Gasteiger partial charge in [-0.2, -0.15) is 0 Å². The SMILES string of the molecule is N=C(N)CSCC(N)=O. The molecule has 52 valence electrons. The van der Waals surface area contributed by atoms with Crippen LogP contribution in [0.3, 0.4) is 0 Å². The van der Waals surface area contributed by atoms with Crippen LogP contribution in [0.4, 0.5) is 0 Å². The maximum Gasteiger partial charge on any atom is 0.227 e. The van der Waals surface area contributed by atoms with E-state index in [9.17, 15) is 4.79 Å². The van der Waals surface area contributed by atoms with Gasteiger partial charge in [0.25, 0.3) is 0 Å². The maximum atomic E-state index is 10.1. The minimum Gasteiger partial charge on any atom is -0.387 e. The van der Waals surface area contributed by atoms with Gasteiger partial charge in [0.05, 0.1) is 11.5 Å². The monoisotopic (exact) mass is 147 g/mol. The fraction of sp³-hybridized carbons (Fsp3) is 0.500. The molecule has 5 N–H and O–H groups in total. The Hall–Kier alpha value is -0.710. The minimum absolute atomic E-state index is 0.0706. The van der Waals surface area contributed by atoms with Crippen molar-refractivity contribution in [1.29, 1.82) is 5.41 Å². The Morgan fingerprint density at radius 2 is 2.00 bits per heavy atom. The molecule has 5 heteroatoms. The Bertz CT molecular complexity index is 111. The van der Waals surface area contributed by atoms with E-state index in [1.807, 2.05) is 0 Å². The molecule has 4 nitrogen and oxygen atoms in total. The zero-order valence-corrected chi connectivity index (χ0v) is 5.70. The number of hydrogen-bond acceptors (Lipinski definition) is 3. The van der Waals surface area contributed by atoms with Crippen molar-refractivity contribution < 1.29 is 4.79 Å². The van der Waals surface area contributed by atoms with Gasteiger partial charge in [-0.25, -0.2) is 0 Å². The molecule has 0 aromatic carbocycles. The normalized spacial score (nSPS) is 8.89. The fourth-order valence-electron chi connectivity index (χ4n) is 0.262. The Balaban J connectivity index is 3.10. The summed E-state index contributed by atoms with van der Waals surface area (Å²) < 4.78 is 0. The van der Waals surface area contributed by atoms with Crippen molar-refractivity contribution >= 4 is 23.5 Å². The maximum absolute atomic E-state index is 10.1. The first-order valence-corrected chi connectivity index (χ1v) is 3.47. The minimum atomic E-state index is -0.374. The molecule has 0 aromatic heterocycles. The van der Waals surface area contributed by atoms with Crippen LogP contribution in [0.1, 0.15) is 0 Å². The van der Waals surface area contributed by atoms with Crippen molar-refractivity contribution in [2.45, 2.75) is 0 Å². The van der Waals surface area contributed by atoms with Crippen molar-refractivity contribution in [1.82, 2.24) is 0 Å². The highest BCUT2D eigenvalue weighted by atomic mass is 32.2. The third-order valence-corrected chi connectivity index (χ3v) is 1.51. The van der Waals surface area contributed by atoms with Crippen LogP contribution in [0.2, 0.25) is 0 Å². The Morgan fingerprint density at radius 1 is 1.44 bits per heavy atom. The van der Waals surface area contributed by atoms with Crippen molar-refractivity contribution in [3.8, 4) is 0 Å². The van der Waals surface area contributed by atoms with Crippen molar-refractivity contribution in [3.05, 3.63) is 0 Å². The van der Waals surface area contributed by atoms with Crippen molar-refractivity contribution in [2.75, 3.05) is 11.5 Å². The van der Waals surface area contributed by atoms with Gasteiger partial charge in [0, 0.05) is 0 Å². The number of primary amides is 1. The lowest BCUT2D eigenvalue weighted by molar-refractivity contribution is -0.115. The number of carbonyl (C=O) groups excluding carboxylic acids is 1. The first-order valence-electron chi connectivity index (χ1n) is 2.32. The predicted molar refractivity (Wildman–Crippen MR) is 38.4 cm³/mol. The van der Waals surface area contributed by atoms with E-state index in [1.54, 1.807) is 0 Å². The molecule has 0 fully saturated rings. The van der Waals surface area contributed by atoms with Crippen molar-refractivity contribution in [3.63, 3.8) is 0 Å². The van der Waals surface area contributed by atoms with Gasteiger partial charge in [-0.1, -0.05) is 0 Å². The summed E-state index contributed by atoms with van der Waals surface area (Å²) in [6, 6.07) is 0. The molecule has 0 rings (SSSR count). The van der Waals surface area contributed by atoms with Gasteiger partial charge >= 0.3 is 0 Å². The molecule has 0 bridgehead atoms. The summed E-state index contributed by atoms with van der Waals surface area (Å²) in [4.78, 5) is 10.1. The molecule has 0 aliphatic heterocycles. The van der Waals surface area contributed by atoms with Crippen LogP contribution in [-0.4, -0.2) is 23.2 Å². The number of nitrogens with two attached hydrogens (primary N) is 2. The summed E-state index contributed by atoms with van der Waals surface area (Å²) in [7, 11) is 0. The highest BCUT2D eigenvalue weighted by Gasteiger charge is 1.94. The van der Waals surface area contributed by atoms with Crippen LogP contribution < -0.4 is 11.5 Å². The van der Waals surface area contributed by atoms with E-state index in [-0.39, 0.29) is 17.5 Å². The van der Waals surface area contributed by atoms with E-state index in [4.69, 9.17) is 16.9 Å². The van der Waals surface area contributed by atoms with Crippen LogP contribution in [0, 0.1) is 5.41 Å². The Kier molecular flexibility index (Phi) is 3.87. The largest absolute Gasteiger partial charge is 0.387 e. The van der Waals surface area contributed by atoms with Crippen LogP contribution in [0.5, 0.6) is 0 Å². The van der Waals surface area contributed by atoms with E-state index in [0.717, 1.165) is 0 Å². The van der Waals surface area contributed by atoms with E-state index in [2.05, 4.69) is 0 Å². The molecule has 0 radical (unpaired) electrons. The molecule has 0 aliphatic carbocycles. The average Bonchev–Trinajstić information content (AvgIpc) is 1.63. The molecule has 9 heavy (non-hydrogen) atoms. The summed E-state index contributed by atoms with van der Waals surface area (Å²) >= 11 is 1.25. The van der Waals surface area contributed by atoms with Gasteiger partial charge in [-0.05, 0) is 0 Å². The van der Waals surface area contributed by atoms with Gasteiger partial charge in [-0.15, -0.1) is 11.8 Å². The molecule has 0 heterocycles. The number of nitrogens with one attached hydrogen (secondary N) is 1. The van der Waals surface area contributed by atoms with E-state index < -0.39 is 0 Å². The zero-order valence-electron chi connectivity index (χ0n) is 4.89. The van der Waals surface area contributed by atoms with E-state index in [0.29, 0.717) is 5.75 Å². The number of rotatable bonds is 4. The van der Waals surface area contributed by atoms with Crippen LogP contribution >= 0.6 is 11.8 Å². The van der Waals surface area contributed by atoms with Crippen LogP contribution in [0.15, 0.2) is 0 Å². The number of amides is 1. The predicted octanol–water partition coefficient (Wildman–Crippen LogP) is -0.859. The number of thioether (sulfide) groups is 1. The zero-order chi connectivity index (χ0) is 7.28. The summed E-state index contributed by atoms with van der Waals surface area (Å²) in [5.74, 6) is 0.310. The summed E-state index contributed by atoms with van der Waals surface area (Å²) in [5, 5.41) is 6.74. The quantitative estimate of drug-likeness (QED) is 0.357. The lowest BCUT2D eigenvalue weighted by Gasteiger charge is -1.93. The summed E-state index contributed by atoms with van der Waals surface area (Å²) in [5.41, 5.74) is 9.80. The molecular weight excluding hydrogens is 138 g/mol. The van der Waals surface area contributed by atoms with Crippen molar-refractivity contribution in [2.24, 2.45) is 11.5 Å². The molecule has 0 aromatic rings.